The van der Waals surface area contributed by atoms with Gasteiger partial charge in [-0.1, -0.05) is 31.2 Å². The third-order valence-electron chi connectivity index (χ3n) is 2.74. The van der Waals surface area contributed by atoms with Crippen LogP contribution < -0.4 is 0 Å². The van der Waals surface area contributed by atoms with Crippen LogP contribution in [0, 0.1) is 5.92 Å². The Hall–Kier alpha value is -0.530. The Morgan fingerprint density at radius 1 is 1.29 bits per heavy atom. The molecule has 1 atom stereocenters. The Labute approximate surface area is 90.7 Å². The number of alkyl halides is 1. The standard InChI is InChI=1S/C12H16ClN/c1-10(6-13)7-14-8-11-4-2-3-5-12(11)9-14/h2-5,10H,6-9H2,1H3. The summed E-state index contributed by atoms with van der Waals surface area (Å²) in [5.74, 6) is 1.35. The molecule has 0 bridgehead atoms. The van der Waals surface area contributed by atoms with Gasteiger partial charge in [-0.15, -0.1) is 11.6 Å². The molecule has 0 saturated heterocycles. The van der Waals surface area contributed by atoms with Gasteiger partial charge in [0.15, 0.2) is 0 Å². The Kier molecular flexibility index (Phi) is 3.09. The number of rotatable bonds is 3. The second-order valence-corrected chi connectivity index (χ2v) is 4.51. The maximum Gasteiger partial charge on any atom is 0.0261 e. The molecule has 0 N–H and O–H groups in total. The molecule has 0 fully saturated rings. The summed E-state index contributed by atoms with van der Waals surface area (Å²) in [5, 5.41) is 0. The van der Waals surface area contributed by atoms with Crippen molar-refractivity contribution in [3.8, 4) is 0 Å². The molecule has 1 aromatic rings. The van der Waals surface area contributed by atoms with Gasteiger partial charge in [-0.3, -0.25) is 4.90 Å². The molecule has 0 radical (unpaired) electrons. The zero-order valence-corrected chi connectivity index (χ0v) is 9.30. The van der Waals surface area contributed by atoms with E-state index in [1.807, 2.05) is 0 Å². The highest BCUT2D eigenvalue weighted by Gasteiger charge is 2.19. The molecule has 14 heavy (non-hydrogen) atoms. The predicted octanol–water partition coefficient (Wildman–Crippen LogP) is 2.88. The molecule has 2 rings (SSSR count). The van der Waals surface area contributed by atoms with Gasteiger partial charge in [-0.2, -0.15) is 0 Å². The van der Waals surface area contributed by atoms with Gasteiger partial charge < -0.3 is 0 Å². The summed E-state index contributed by atoms with van der Waals surface area (Å²) in [6, 6.07) is 8.68. The van der Waals surface area contributed by atoms with E-state index in [-0.39, 0.29) is 0 Å². The minimum absolute atomic E-state index is 0.589. The Bertz CT molecular complexity index is 286. The first kappa shape index (κ1) is 10.0. The van der Waals surface area contributed by atoms with Crippen LogP contribution in [-0.2, 0) is 13.1 Å². The Morgan fingerprint density at radius 2 is 1.86 bits per heavy atom. The molecule has 1 aliphatic heterocycles. The fourth-order valence-corrected chi connectivity index (χ4v) is 2.12. The third-order valence-corrected chi connectivity index (χ3v) is 3.27. The molecule has 0 aliphatic carbocycles. The van der Waals surface area contributed by atoms with Crippen LogP contribution in [-0.4, -0.2) is 17.3 Å². The van der Waals surface area contributed by atoms with E-state index < -0.39 is 0 Å². The monoisotopic (exact) mass is 209 g/mol. The lowest BCUT2D eigenvalue weighted by molar-refractivity contribution is 0.252. The van der Waals surface area contributed by atoms with Crippen molar-refractivity contribution in [1.82, 2.24) is 4.90 Å². The quantitative estimate of drug-likeness (QED) is 0.692. The number of hydrogen-bond donors (Lipinski definition) is 0. The van der Waals surface area contributed by atoms with Crippen LogP contribution in [0.4, 0.5) is 0 Å². The normalized spacial score (nSPS) is 18.1. The fourth-order valence-electron chi connectivity index (χ4n) is 2.02. The van der Waals surface area contributed by atoms with Crippen molar-refractivity contribution < 1.29 is 0 Å². The second-order valence-electron chi connectivity index (χ2n) is 4.20. The number of nitrogens with zero attached hydrogens (tertiary/aromatic N) is 1. The number of halogens is 1. The molecular weight excluding hydrogens is 194 g/mol. The van der Waals surface area contributed by atoms with Crippen LogP contribution >= 0.6 is 11.6 Å². The molecule has 1 heterocycles. The molecular formula is C12H16ClN. The van der Waals surface area contributed by atoms with Crippen molar-refractivity contribution in [2.45, 2.75) is 20.0 Å². The minimum Gasteiger partial charge on any atom is -0.295 e. The molecule has 1 aliphatic rings. The van der Waals surface area contributed by atoms with Crippen LogP contribution in [0.5, 0.6) is 0 Å². The lowest BCUT2D eigenvalue weighted by atomic mass is 10.1. The molecule has 0 spiro atoms. The highest BCUT2D eigenvalue weighted by atomic mass is 35.5. The van der Waals surface area contributed by atoms with Gasteiger partial charge in [0.2, 0.25) is 0 Å². The van der Waals surface area contributed by atoms with E-state index in [0.717, 1.165) is 25.5 Å². The minimum atomic E-state index is 0.589. The van der Waals surface area contributed by atoms with E-state index in [0.29, 0.717) is 5.92 Å². The van der Waals surface area contributed by atoms with Crippen molar-refractivity contribution in [3.63, 3.8) is 0 Å². The average Bonchev–Trinajstić information content (AvgIpc) is 2.59. The third kappa shape index (κ3) is 2.10. The van der Waals surface area contributed by atoms with Crippen molar-refractivity contribution in [3.05, 3.63) is 35.4 Å². The smallest absolute Gasteiger partial charge is 0.0261 e. The average molecular weight is 210 g/mol. The maximum atomic E-state index is 5.82. The number of fused-ring (bicyclic) bond motifs is 1. The molecule has 1 nitrogen and oxygen atoms in total. The van der Waals surface area contributed by atoms with E-state index in [4.69, 9.17) is 11.6 Å². The molecule has 1 unspecified atom stereocenters. The van der Waals surface area contributed by atoms with Gasteiger partial charge in [0.1, 0.15) is 0 Å². The van der Waals surface area contributed by atoms with Crippen LogP contribution in [0.15, 0.2) is 24.3 Å². The summed E-state index contributed by atoms with van der Waals surface area (Å²) in [6.45, 7) is 5.50. The highest BCUT2D eigenvalue weighted by molar-refractivity contribution is 6.18. The molecule has 0 amide bonds. The zero-order chi connectivity index (χ0) is 9.97. The van der Waals surface area contributed by atoms with E-state index in [9.17, 15) is 0 Å². The topological polar surface area (TPSA) is 3.24 Å². The largest absolute Gasteiger partial charge is 0.295 e. The first-order valence-corrected chi connectivity index (χ1v) is 5.68. The first-order valence-electron chi connectivity index (χ1n) is 5.14. The van der Waals surface area contributed by atoms with Crippen molar-refractivity contribution >= 4 is 11.6 Å². The number of benzene rings is 1. The fraction of sp³-hybridized carbons (Fsp3) is 0.500. The van der Waals surface area contributed by atoms with Gasteiger partial charge in [0.05, 0.1) is 0 Å². The van der Waals surface area contributed by atoms with E-state index >= 15 is 0 Å². The van der Waals surface area contributed by atoms with Gasteiger partial charge in [-0.05, 0) is 17.0 Å². The summed E-state index contributed by atoms with van der Waals surface area (Å²) < 4.78 is 0. The van der Waals surface area contributed by atoms with Gasteiger partial charge >= 0.3 is 0 Å². The van der Waals surface area contributed by atoms with Crippen LogP contribution in [0.1, 0.15) is 18.1 Å². The van der Waals surface area contributed by atoms with Gasteiger partial charge in [-0.25, -0.2) is 0 Å². The van der Waals surface area contributed by atoms with Crippen LogP contribution in [0.25, 0.3) is 0 Å². The molecule has 0 aromatic heterocycles. The summed E-state index contributed by atoms with van der Waals surface area (Å²) in [7, 11) is 0. The Balaban J connectivity index is 1.98. The van der Waals surface area contributed by atoms with Crippen molar-refractivity contribution in [1.29, 1.82) is 0 Å². The summed E-state index contributed by atoms with van der Waals surface area (Å²) in [4.78, 5) is 2.47. The lowest BCUT2D eigenvalue weighted by Gasteiger charge is -2.18. The molecule has 0 saturated carbocycles. The summed E-state index contributed by atoms with van der Waals surface area (Å²) in [6.07, 6.45) is 0. The van der Waals surface area contributed by atoms with Crippen molar-refractivity contribution in [2.24, 2.45) is 5.92 Å². The predicted molar refractivity (Wildman–Crippen MR) is 60.4 cm³/mol. The molecule has 2 heteroatoms. The lowest BCUT2D eigenvalue weighted by Crippen LogP contribution is -2.23. The van der Waals surface area contributed by atoms with Crippen molar-refractivity contribution in [2.75, 3.05) is 12.4 Å². The zero-order valence-electron chi connectivity index (χ0n) is 8.54. The SMILES string of the molecule is CC(CCl)CN1Cc2ccccc2C1. The summed E-state index contributed by atoms with van der Waals surface area (Å²) in [5.41, 5.74) is 2.96. The highest BCUT2D eigenvalue weighted by Crippen LogP contribution is 2.22. The van der Waals surface area contributed by atoms with E-state index in [1.54, 1.807) is 0 Å². The Morgan fingerprint density at radius 3 is 2.36 bits per heavy atom. The maximum absolute atomic E-state index is 5.82. The number of hydrogen-bond acceptors (Lipinski definition) is 1. The molecule has 76 valence electrons. The summed E-state index contributed by atoms with van der Waals surface area (Å²) >= 11 is 5.82. The van der Waals surface area contributed by atoms with Crippen LogP contribution in [0.2, 0.25) is 0 Å². The molecule has 1 aromatic carbocycles. The van der Waals surface area contributed by atoms with Gasteiger partial charge in [0.25, 0.3) is 0 Å². The van der Waals surface area contributed by atoms with E-state index in [1.165, 1.54) is 11.1 Å². The first-order chi connectivity index (χ1) is 6.79. The van der Waals surface area contributed by atoms with E-state index in [2.05, 4.69) is 36.1 Å². The van der Waals surface area contributed by atoms with Gasteiger partial charge in [0, 0.05) is 25.5 Å². The second kappa shape index (κ2) is 4.33. The van der Waals surface area contributed by atoms with Crippen LogP contribution in [0.3, 0.4) is 0 Å².